The standard InChI is InChI=1S/C21H41N/c1-3-5-6-7-8-9-10-11-12-13-14-15-16-17-18-19-21-22-20-4-2/h4,11-12,22H,2-3,5-10,13-21H2,1H3/b12-11-. The van der Waals surface area contributed by atoms with Gasteiger partial charge in [-0.05, 0) is 38.6 Å². The van der Waals surface area contributed by atoms with Gasteiger partial charge in [0.15, 0.2) is 0 Å². The highest BCUT2D eigenvalue weighted by Crippen LogP contribution is 2.09. The first kappa shape index (κ1) is 21.4. The van der Waals surface area contributed by atoms with Gasteiger partial charge in [-0.1, -0.05) is 82.9 Å². The Bertz CT molecular complexity index is 232. The monoisotopic (exact) mass is 307 g/mol. The lowest BCUT2D eigenvalue weighted by Crippen LogP contribution is -2.14. The van der Waals surface area contributed by atoms with Crippen LogP contribution >= 0.6 is 0 Å². The third kappa shape index (κ3) is 19.4. The van der Waals surface area contributed by atoms with Crippen molar-refractivity contribution in [2.24, 2.45) is 0 Å². The molecule has 0 saturated carbocycles. The lowest BCUT2D eigenvalue weighted by atomic mass is 10.1. The second-order valence-electron chi connectivity index (χ2n) is 6.43. The Morgan fingerprint density at radius 1 is 0.682 bits per heavy atom. The summed E-state index contributed by atoms with van der Waals surface area (Å²) in [6, 6.07) is 0. The molecule has 0 rings (SSSR count). The molecule has 0 saturated heterocycles. The lowest BCUT2D eigenvalue weighted by molar-refractivity contribution is 0.577. The Hall–Kier alpha value is -0.560. The maximum Gasteiger partial charge on any atom is 0.0132 e. The highest BCUT2D eigenvalue weighted by molar-refractivity contribution is 4.81. The van der Waals surface area contributed by atoms with Gasteiger partial charge >= 0.3 is 0 Å². The topological polar surface area (TPSA) is 12.0 Å². The molecule has 1 heteroatoms. The summed E-state index contributed by atoms with van der Waals surface area (Å²) in [5.74, 6) is 0. The van der Waals surface area contributed by atoms with Crippen LogP contribution < -0.4 is 5.32 Å². The third-order valence-corrected chi connectivity index (χ3v) is 4.15. The molecule has 0 fully saturated rings. The van der Waals surface area contributed by atoms with Crippen LogP contribution in [0.3, 0.4) is 0 Å². The Labute approximate surface area is 140 Å². The van der Waals surface area contributed by atoms with Crippen LogP contribution in [0.25, 0.3) is 0 Å². The molecule has 0 bridgehead atoms. The summed E-state index contributed by atoms with van der Waals surface area (Å²) >= 11 is 0. The van der Waals surface area contributed by atoms with Crippen LogP contribution in [-0.4, -0.2) is 13.1 Å². The molecule has 1 nitrogen and oxygen atoms in total. The fraction of sp³-hybridized carbons (Fsp3) is 0.810. The Balaban J connectivity index is 3.03. The van der Waals surface area contributed by atoms with Crippen molar-refractivity contribution in [3.05, 3.63) is 24.8 Å². The minimum Gasteiger partial charge on any atom is -0.313 e. The largest absolute Gasteiger partial charge is 0.313 e. The molecule has 0 aromatic heterocycles. The molecule has 0 aliphatic carbocycles. The average Bonchev–Trinajstić information content (AvgIpc) is 2.54. The van der Waals surface area contributed by atoms with Crippen molar-refractivity contribution in [3.63, 3.8) is 0 Å². The quantitative estimate of drug-likeness (QED) is 0.217. The Morgan fingerprint density at radius 2 is 1.18 bits per heavy atom. The van der Waals surface area contributed by atoms with Gasteiger partial charge in [-0.3, -0.25) is 0 Å². The van der Waals surface area contributed by atoms with Gasteiger partial charge in [0.2, 0.25) is 0 Å². The predicted molar refractivity (Wildman–Crippen MR) is 103 cm³/mol. The fourth-order valence-electron chi connectivity index (χ4n) is 2.70. The first-order valence-electron chi connectivity index (χ1n) is 9.88. The molecule has 0 unspecified atom stereocenters. The van der Waals surface area contributed by atoms with Crippen molar-refractivity contribution >= 4 is 0 Å². The predicted octanol–water partition coefficient (Wildman–Crippen LogP) is 6.80. The van der Waals surface area contributed by atoms with E-state index in [1.807, 2.05) is 6.08 Å². The van der Waals surface area contributed by atoms with E-state index < -0.39 is 0 Å². The number of hydrogen-bond acceptors (Lipinski definition) is 1. The van der Waals surface area contributed by atoms with Crippen LogP contribution in [0.1, 0.15) is 96.8 Å². The minimum absolute atomic E-state index is 0.949. The molecular weight excluding hydrogens is 266 g/mol. The van der Waals surface area contributed by atoms with Crippen LogP contribution in [0.4, 0.5) is 0 Å². The molecule has 0 atom stereocenters. The maximum absolute atomic E-state index is 3.71. The van der Waals surface area contributed by atoms with Crippen LogP contribution in [0.15, 0.2) is 24.8 Å². The van der Waals surface area contributed by atoms with Crippen molar-refractivity contribution in [1.29, 1.82) is 0 Å². The normalized spacial score (nSPS) is 11.3. The lowest BCUT2D eigenvalue weighted by Gasteiger charge is -2.02. The first-order valence-corrected chi connectivity index (χ1v) is 9.88. The molecule has 22 heavy (non-hydrogen) atoms. The molecule has 0 amide bonds. The van der Waals surface area contributed by atoms with Gasteiger partial charge in [-0.25, -0.2) is 0 Å². The highest BCUT2D eigenvalue weighted by atomic mass is 14.8. The van der Waals surface area contributed by atoms with Gasteiger partial charge in [0, 0.05) is 6.54 Å². The van der Waals surface area contributed by atoms with E-state index in [0.29, 0.717) is 0 Å². The summed E-state index contributed by atoms with van der Waals surface area (Å²) in [4.78, 5) is 0. The van der Waals surface area contributed by atoms with Gasteiger partial charge in [-0.15, -0.1) is 6.58 Å². The van der Waals surface area contributed by atoms with Crippen molar-refractivity contribution in [2.45, 2.75) is 96.8 Å². The zero-order chi connectivity index (χ0) is 16.1. The number of nitrogens with one attached hydrogen (secondary N) is 1. The maximum atomic E-state index is 3.71. The van der Waals surface area contributed by atoms with Crippen molar-refractivity contribution in [3.8, 4) is 0 Å². The second kappa shape index (κ2) is 20.4. The smallest absolute Gasteiger partial charge is 0.0132 e. The molecule has 0 aliphatic heterocycles. The fourth-order valence-corrected chi connectivity index (χ4v) is 2.70. The Kier molecular flexibility index (Phi) is 19.9. The third-order valence-electron chi connectivity index (χ3n) is 4.15. The summed E-state index contributed by atoms with van der Waals surface area (Å²) in [5.41, 5.74) is 0. The molecule has 130 valence electrons. The van der Waals surface area contributed by atoms with E-state index in [9.17, 15) is 0 Å². The van der Waals surface area contributed by atoms with Gasteiger partial charge in [-0.2, -0.15) is 0 Å². The SMILES string of the molecule is C=CCNCCCCCCCC/C=C\CCCCCCCC. The summed E-state index contributed by atoms with van der Waals surface area (Å²) in [5, 5.41) is 3.36. The molecule has 1 N–H and O–H groups in total. The second-order valence-corrected chi connectivity index (χ2v) is 6.43. The molecule has 0 aromatic rings. The summed E-state index contributed by atoms with van der Waals surface area (Å²) in [6.45, 7) is 8.08. The van der Waals surface area contributed by atoms with Crippen molar-refractivity contribution in [2.75, 3.05) is 13.1 Å². The van der Waals surface area contributed by atoms with E-state index in [4.69, 9.17) is 0 Å². The Morgan fingerprint density at radius 3 is 1.73 bits per heavy atom. The van der Waals surface area contributed by atoms with Crippen molar-refractivity contribution < 1.29 is 0 Å². The average molecular weight is 308 g/mol. The van der Waals surface area contributed by atoms with Crippen LogP contribution in [0.2, 0.25) is 0 Å². The van der Waals surface area contributed by atoms with Gasteiger partial charge in [0.25, 0.3) is 0 Å². The van der Waals surface area contributed by atoms with E-state index in [0.717, 1.165) is 13.1 Å². The molecule has 0 aliphatic rings. The van der Waals surface area contributed by atoms with E-state index in [1.165, 1.54) is 89.9 Å². The highest BCUT2D eigenvalue weighted by Gasteiger charge is 1.91. The number of hydrogen-bond donors (Lipinski definition) is 1. The number of allylic oxidation sites excluding steroid dienone is 2. The van der Waals surface area contributed by atoms with E-state index in [1.54, 1.807) is 0 Å². The first-order chi connectivity index (χ1) is 10.9. The van der Waals surface area contributed by atoms with Crippen LogP contribution in [-0.2, 0) is 0 Å². The van der Waals surface area contributed by atoms with E-state index in [2.05, 4.69) is 31.0 Å². The van der Waals surface area contributed by atoms with Gasteiger partial charge < -0.3 is 5.32 Å². The zero-order valence-electron chi connectivity index (χ0n) is 15.3. The van der Waals surface area contributed by atoms with E-state index in [-0.39, 0.29) is 0 Å². The van der Waals surface area contributed by atoms with E-state index >= 15 is 0 Å². The van der Waals surface area contributed by atoms with Gasteiger partial charge in [0.05, 0.1) is 0 Å². The number of rotatable bonds is 18. The summed E-state index contributed by atoms with van der Waals surface area (Å²) < 4.78 is 0. The molecule has 0 radical (unpaired) electrons. The molecule has 0 heterocycles. The van der Waals surface area contributed by atoms with Crippen molar-refractivity contribution in [1.82, 2.24) is 5.32 Å². The van der Waals surface area contributed by atoms with Crippen LogP contribution in [0.5, 0.6) is 0 Å². The summed E-state index contributed by atoms with van der Waals surface area (Å²) in [6.07, 6.45) is 26.1. The molecular formula is C21H41N. The summed E-state index contributed by atoms with van der Waals surface area (Å²) in [7, 11) is 0. The molecule has 0 aromatic carbocycles. The minimum atomic E-state index is 0.949. The van der Waals surface area contributed by atoms with Gasteiger partial charge in [0.1, 0.15) is 0 Å². The zero-order valence-corrected chi connectivity index (χ0v) is 15.3. The number of unbranched alkanes of at least 4 members (excludes halogenated alkanes) is 12. The molecule has 0 spiro atoms. The van der Waals surface area contributed by atoms with Crippen LogP contribution in [0, 0.1) is 0 Å².